The molecule has 0 aliphatic heterocycles. The molecule has 0 amide bonds. The molecule has 0 aliphatic rings. The van der Waals surface area contributed by atoms with E-state index in [1.165, 1.54) is 0 Å². The lowest BCUT2D eigenvalue weighted by molar-refractivity contribution is 0.475. The standard InChI is InChI=1S/C22H19Cl2N5OS/c1-12(25-10-15(31)7-13-3-6-18-19(8-13)27-11-26-18)20-22(30)21(29(2)28-20)14-4-5-16(23)17(24)9-14/h3-6,8-9,11,30H,7,10H2,1-2H3,(H,26,27). The predicted molar refractivity (Wildman–Crippen MR) is 130 cm³/mol. The first kappa shape index (κ1) is 21.5. The second-order valence-corrected chi connectivity index (χ2v) is 8.56. The van der Waals surface area contributed by atoms with Gasteiger partial charge >= 0.3 is 0 Å². The molecule has 31 heavy (non-hydrogen) atoms. The number of hydrogen-bond acceptors (Lipinski definition) is 5. The average molecular weight is 472 g/mol. The lowest BCUT2D eigenvalue weighted by Gasteiger charge is -2.05. The molecule has 158 valence electrons. The number of imidazole rings is 1. The molecule has 0 aliphatic carbocycles. The number of aromatic amines is 1. The molecule has 0 fully saturated rings. The number of aromatic hydroxyl groups is 1. The summed E-state index contributed by atoms with van der Waals surface area (Å²) in [6.45, 7) is 2.17. The smallest absolute Gasteiger partial charge is 0.171 e. The molecule has 0 saturated carbocycles. The normalized spacial score (nSPS) is 11.9. The van der Waals surface area contributed by atoms with Crippen LogP contribution in [0.2, 0.25) is 10.0 Å². The van der Waals surface area contributed by atoms with Crippen molar-refractivity contribution in [1.82, 2.24) is 19.7 Å². The minimum Gasteiger partial charge on any atom is -0.504 e. The Bertz CT molecular complexity index is 1320. The quantitative estimate of drug-likeness (QED) is 0.291. The summed E-state index contributed by atoms with van der Waals surface area (Å²) in [6, 6.07) is 11.2. The van der Waals surface area contributed by atoms with Crippen LogP contribution in [-0.4, -0.2) is 42.0 Å². The zero-order valence-corrected chi connectivity index (χ0v) is 19.2. The van der Waals surface area contributed by atoms with Crippen molar-refractivity contribution in [3.05, 3.63) is 64.0 Å². The van der Waals surface area contributed by atoms with Gasteiger partial charge in [0.15, 0.2) is 5.75 Å². The maximum absolute atomic E-state index is 10.8. The molecule has 2 aromatic heterocycles. The third-order valence-corrected chi connectivity index (χ3v) is 5.95. The van der Waals surface area contributed by atoms with Gasteiger partial charge in [0.05, 0.1) is 39.7 Å². The van der Waals surface area contributed by atoms with E-state index in [2.05, 4.69) is 20.1 Å². The van der Waals surface area contributed by atoms with Gasteiger partial charge in [-0.15, -0.1) is 0 Å². The number of thiocarbonyl (C=S) groups is 1. The third-order valence-electron chi connectivity index (χ3n) is 4.94. The second kappa shape index (κ2) is 8.78. The maximum atomic E-state index is 10.8. The Morgan fingerprint density at radius 3 is 2.77 bits per heavy atom. The van der Waals surface area contributed by atoms with E-state index in [0.29, 0.717) is 45.7 Å². The van der Waals surface area contributed by atoms with Crippen molar-refractivity contribution in [2.75, 3.05) is 6.54 Å². The molecule has 9 heteroatoms. The van der Waals surface area contributed by atoms with Crippen LogP contribution in [0.5, 0.6) is 5.75 Å². The lowest BCUT2D eigenvalue weighted by atomic mass is 10.1. The van der Waals surface area contributed by atoms with Crippen LogP contribution >= 0.6 is 35.4 Å². The zero-order valence-electron chi connectivity index (χ0n) is 16.9. The number of nitrogens with zero attached hydrogens (tertiary/aromatic N) is 4. The summed E-state index contributed by atoms with van der Waals surface area (Å²) >= 11 is 17.7. The summed E-state index contributed by atoms with van der Waals surface area (Å²) in [5.74, 6) is 0.0396. The summed E-state index contributed by atoms with van der Waals surface area (Å²) in [4.78, 5) is 12.7. The number of H-pyrrole nitrogens is 1. The summed E-state index contributed by atoms with van der Waals surface area (Å²) in [5.41, 5.74) is 5.26. The highest BCUT2D eigenvalue weighted by Crippen LogP contribution is 2.35. The molecule has 2 aromatic carbocycles. The van der Waals surface area contributed by atoms with Crippen molar-refractivity contribution in [3.63, 3.8) is 0 Å². The highest BCUT2D eigenvalue weighted by Gasteiger charge is 2.19. The molecule has 2 heterocycles. The lowest BCUT2D eigenvalue weighted by Crippen LogP contribution is -2.07. The molecule has 0 saturated heterocycles. The number of aryl methyl sites for hydroxylation is 1. The summed E-state index contributed by atoms with van der Waals surface area (Å²) in [5, 5.41) is 16.1. The van der Waals surface area contributed by atoms with Gasteiger partial charge in [-0.2, -0.15) is 5.10 Å². The van der Waals surface area contributed by atoms with Gasteiger partial charge in [0.2, 0.25) is 0 Å². The number of hydrogen-bond donors (Lipinski definition) is 2. The Morgan fingerprint density at radius 2 is 2.00 bits per heavy atom. The molecular formula is C22H19Cl2N5OS. The van der Waals surface area contributed by atoms with E-state index in [9.17, 15) is 5.11 Å². The molecule has 0 unspecified atom stereocenters. The van der Waals surface area contributed by atoms with Crippen LogP contribution in [0, 0.1) is 0 Å². The van der Waals surface area contributed by atoms with Crippen molar-refractivity contribution >= 4 is 57.0 Å². The van der Waals surface area contributed by atoms with Gasteiger partial charge in [0.25, 0.3) is 0 Å². The van der Waals surface area contributed by atoms with Gasteiger partial charge in [-0.1, -0.05) is 47.6 Å². The molecule has 4 aromatic rings. The molecule has 0 atom stereocenters. The van der Waals surface area contributed by atoms with E-state index in [0.717, 1.165) is 21.5 Å². The SMILES string of the molecule is CC(=NCC(=S)Cc1ccc2nc[nH]c2c1)c1nn(C)c(-c2ccc(Cl)c(Cl)c2)c1O. The van der Waals surface area contributed by atoms with Gasteiger partial charge in [0.1, 0.15) is 11.4 Å². The Morgan fingerprint density at radius 1 is 1.19 bits per heavy atom. The highest BCUT2D eigenvalue weighted by molar-refractivity contribution is 7.80. The fourth-order valence-electron chi connectivity index (χ4n) is 3.38. The predicted octanol–water partition coefficient (Wildman–Crippen LogP) is 5.40. The van der Waals surface area contributed by atoms with Crippen LogP contribution in [0.1, 0.15) is 18.2 Å². The van der Waals surface area contributed by atoms with E-state index in [-0.39, 0.29) is 5.75 Å². The van der Waals surface area contributed by atoms with Gasteiger partial charge in [-0.05, 0) is 36.8 Å². The molecule has 0 spiro atoms. The van der Waals surface area contributed by atoms with E-state index < -0.39 is 0 Å². The molecule has 4 rings (SSSR count). The van der Waals surface area contributed by atoms with Crippen molar-refractivity contribution in [2.45, 2.75) is 13.3 Å². The van der Waals surface area contributed by atoms with E-state index >= 15 is 0 Å². The molecule has 2 N–H and O–H groups in total. The molecule has 0 radical (unpaired) electrons. The number of aromatic nitrogens is 4. The van der Waals surface area contributed by atoms with Crippen LogP contribution in [0.25, 0.3) is 22.3 Å². The molecular weight excluding hydrogens is 453 g/mol. The van der Waals surface area contributed by atoms with Crippen molar-refractivity contribution < 1.29 is 5.11 Å². The van der Waals surface area contributed by atoms with Gasteiger partial charge in [0, 0.05) is 23.9 Å². The van der Waals surface area contributed by atoms with Crippen LogP contribution in [0.3, 0.4) is 0 Å². The van der Waals surface area contributed by atoms with E-state index in [4.69, 9.17) is 35.4 Å². The minimum atomic E-state index is 0.0396. The van der Waals surface area contributed by atoms with Gasteiger partial charge in [-0.25, -0.2) is 4.98 Å². The number of rotatable bonds is 6. The fraction of sp³-hybridized carbons (Fsp3) is 0.182. The Labute approximate surface area is 194 Å². The van der Waals surface area contributed by atoms with Crippen LogP contribution in [0.4, 0.5) is 0 Å². The first-order valence-corrected chi connectivity index (χ1v) is 10.7. The topological polar surface area (TPSA) is 79.1 Å². The largest absolute Gasteiger partial charge is 0.504 e. The monoisotopic (exact) mass is 471 g/mol. The second-order valence-electron chi connectivity index (χ2n) is 7.17. The van der Waals surface area contributed by atoms with E-state index in [1.54, 1.807) is 43.2 Å². The minimum absolute atomic E-state index is 0.0396. The van der Waals surface area contributed by atoms with Crippen LogP contribution in [-0.2, 0) is 13.5 Å². The Kier molecular flexibility index (Phi) is 6.09. The fourth-order valence-corrected chi connectivity index (χ4v) is 3.91. The van der Waals surface area contributed by atoms with Crippen molar-refractivity contribution in [2.24, 2.45) is 12.0 Å². The van der Waals surface area contributed by atoms with Crippen LogP contribution < -0.4 is 0 Å². The summed E-state index contributed by atoms with van der Waals surface area (Å²) < 4.78 is 1.60. The molecule has 6 nitrogen and oxygen atoms in total. The summed E-state index contributed by atoms with van der Waals surface area (Å²) in [7, 11) is 1.75. The Hall–Kier alpha value is -2.74. The maximum Gasteiger partial charge on any atom is 0.171 e. The van der Waals surface area contributed by atoms with Crippen molar-refractivity contribution in [3.8, 4) is 17.0 Å². The number of aliphatic imine (C=N–C) groups is 1. The number of fused-ring (bicyclic) bond motifs is 1. The Balaban J connectivity index is 1.51. The van der Waals surface area contributed by atoms with Crippen LogP contribution in [0.15, 0.2) is 47.7 Å². The average Bonchev–Trinajstić information content (AvgIpc) is 3.32. The summed E-state index contributed by atoms with van der Waals surface area (Å²) in [6.07, 6.45) is 2.30. The van der Waals surface area contributed by atoms with Gasteiger partial charge in [-0.3, -0.25) is 9.67 Å². The molecule has 0 bridgehead atoms. The van der Waals surface area contributed by atoms with Crippen molar-refractivity contribution in [1.29, 1.82) is 0 Å². The first-order chi connectivity index (χ1) is 14.8. The van der Waals surface area contributed by atoms with E-state index in [1.807, 2.05) is 18.2 Å². The number of benzene rings is 2. The number of nitrogens with one attached hydrogen (secondary N) is 1. The van der Waals surface area contributed by atoms with Gasteiger partial charge < -0.3 is 10.1 Å². The first-order valence-electron chi connectivity index (χ1n) is 9.50. The zero-order chi connectivity index (χ0) is 22.1. The number of halogens is 2. The third kappa shape index (κ3) is 4.49. The highest BCUT2D eigenvalue weighted by atomic mass is 35.5.